The van der Waals surface area contributed by atoms with Crippen LogP contribution < -0.4 is 5.73 Å². The van der Waals surface area contributed by atoms with Crippen LogP contribution in [-0.4, -0.2) is 34.7 Å². The van der Waals surface area contributed by atoms with Gasteiger partial charge in [-0.2, -0.15) is 4.98 Å². The Morgan fingerprint density at radius 2 is 2.14 bits per heavy atom. The Morgan fingerprint density at radius 1 is 1.36 bits per heavy atom. The minimum atomic E-state index is -0.275. The number of hydrogen-bond donors (Lipinski definition) is 1. The lowest BCUT2D eigenvalue weighted by Gasteiger charge is -2.35. The number of nitrogens with zero attached hydrogens (tertiary/aromatic N) is 3. The third-order valence-corrected chi connectivity index (χ3v) is 4.43. The monoisotopic (exact) mass is 304 g/mol. The van der Waals surface area contributed by atoms with Gasteiger partial charge in [0.1, 0.15) is 5.82 Å². The van der Waals surface area contributed by atoms with E-state index in [1.807, 2.05) is 0 Å². The van der Waals surface area contributed by atoms with Gasteiger partial charge in [-0.05, 0) is 55.6 Å². The molecule has 2 atom stereocenters. The Bertz CT molecular complexity index is 613. The summed E-state index contributed by atoms with van der Waals surface area (Å²) in [6, 6.07) is 6.08. The highest BCUT2D eigenvalue weighted by molar-refractivity contribution is 5.53. The second-order valence-electron chi connectivity index (χ2n) is 6.02. The summed E-state index contributed by atoms with van der Waals surface area (Å²) in [6.07, 6.45) is 1.14. The van der Waals surface area contributed by atoms with E-state index < -0.39 is 0 Å². The van der Waals surface area contributed by atoms with E-state index in [-0.39, 0.29) is 5.82 Å². The maximum Gasteiger partial charge on any atom is 0.241 e. The Morgan fingerprint density at radius 3 is 2.86 bits per heavy atom. The first kappa shape index (κ1) is 15.1. The summed E-state index contributed by atoms with van der Waals surface area (Å²) in [5, 5.41) is 3.98. The molecule has 0 amide bonds. The predicted molar refractivity (Wildman–Crippen MR) is 81.3 cm³/mol. The van der Waals surface area contributed by atoms with Gasteiger partial charge in [-0.1, -0.05) is 12.1 Å². The Hall–Kier alpha value is -1.79. The second kappa shape index (κ2) is 6.54. The van der Waals surface area contributed by atoms with Crippen LogP contribution in [-0.2, 0) is 6.54 Å². The lowest BCUT2D eigenvalue weighted by molar-refractivity contribution is 0.114. The van der Waals surface area contributed by atoms with E-state index in [9.17, 15) is 4.39 Å². The molecule has 2 aromatic rings. The molecule has 0 bridgehead atoms. The number of rotatable bonds is 4. The minimum Gasteiger partial charge on any atom is -0.338 e. The van der Waals surface area contributed by atoms with Crippen LogP contribution in [0.1, 0.15) is 19.2 Å². The Balaban J connectivity index is 1.65. The van der Waals surface area contributed by atoms with Crippen LogP contribution in [0, 0.1) is 17.7 Å². The summed E-state index contributed by atoms with van der Waals surface area (Å²) < 4.78 is 18.3. The van der Waals surface area contributed by atoms with Gasteiger partial charge >= 0.3 is 0 Å². The fourth-order valence-corrected chi connectivity index (χ4v) is 2.90. The van der Waals surface area contributed by atoms with E-state index in [0.717, 1.165) is 25.1 Å². The van der Waals surface area contributed by atoms with Gasteiger partial charge in [0.25, 0.3) is 0 Å². The molecule has 0 aliphatic carbocycles. The van der Waals surface area contributed by atoms with Crippen molar-refractivity contribution >= 4 is 0 Å². The van der Waals surface area contributed by atoms with E-state index >= 15 is 0 Å². The molecule has 0 saturated carbocycles. The maximum atomic E-state index is 12.9. The van der Waals surface area contributed by atoms with Crippen LogP contribution in [0.5, 0.6) is 0 Å². The van der Waals surface area contributed by atoms with Crippen LogP contribution in [0.2, 0.25) is 0 Å². The van der Waals surface area contributed by atoms with E-state index in [4.69, 9.17) is 10.3 Å². The lowest BCUT2D eigenvalue weighted by atomic mass is 9.87. The van der Waals surface area contributed by atoms with Crippen molar-refractivity contribution in [2.24, 2.45) is 17.6 Å². The van der Waals surface area contributed by atoms with Crippen LogP contribution >= 0.6 is 0 Å². The predicted octanol–water partition coefficient (Wildman–Crippen LogP) is 2.29. The molecule has 1 saturated heterocycles. The molecule has 1 aromatic carbocycles. The van der Waals surface area contributed by atoms with Gasteiger partial charge in [0.05, 0.1) is 6.54 Å². The molecule has 2 N–H and O–H groups in total. The fourth-order valence-electron chi connectivity index (χ4n) is 2.90. The third-order valence-electron chi connectivity index (χ3n) is 4.43. The molecule has 0 radical (unpaired) electrons. The van der Waals surface area contributed by atoms with E-state index in [2.05, 4.69) is 22.0 Å². The highest BCUT2D eigenvalue weighted by atomic mass is 19.1. The standard InChI is InChI=1S/C16H21FN4O/c1-11-6-7-21(9-13(11)8-18)10-15-19-16(20-22-15)12-2-4-14(17)5-3-12/h2-5,11,13H,6-10,18H2,1H3. The lowest BCUT2D eigenvalue weighted by Crippen LogP contribution is -2.42. The molecular formula is C16H21FN4O. The summed E-state index contributed by atoms with van der Waals surface area (Å²) in [7, 11) is 0. The van der Waals surface area contributed by atoms with Crippen molar-refractivity contribution in [3.63, 3.8) is 0 Å². The zero-order valence-corrected chi connectivity index (χ0v) is 12.7. The number of nitrogens with two attached hydrogens (primary N) is 1. The highest BCUT2D eigenvalue weighted by Gasteiger charge is 2.26. The van der Waals surface area contributed by atoms with Crippen molar-refractivity contribution in [3.8, 4) is 11.4 Å². The van der Waals surface area contributed by atoms with Crippen LogP contribution in [0.3, 0.4) is 0 Å². The molecule has 1 aromatic heterocycles. The van der Waals surface area contributed by atoms with Crippen molar-refractivity contribution < 1.29 is 8.91 Å². The highest BCUT2D eigenvalue weighted by Crippen LogP contribution is 2.24. The zero-order valence-electron chi connectivity index (χ0n) is 12.7. The maximum absolute atomic E-state index is 12.9. The summed E-state index contributed by atoms with van der Waals surface area (Å²) in [6.45, 7) is 5.59. The number of benzene rings is 1. The minimum absolute atomic E-state index is 0.275. The zero-order chi connectivity index (χ0) is 15.5. The number of hydrogen-bond acceptors (Lipinski definition) is 5. The number of piperidine rings is 1. The van der Waals surface area contributed by atoms with Crippen LogP contribution in [0.15, 0.2) is 28.8 Å². The van der Waals surface area contributed by atoms with Gasteiger partial charge in [0, 0.05) is 12.1 Å². The van der Waals surface area contributed by atoms with Gasteiger partial charge in [-0.15, -0.1) is 0 Å². The van der Waals surface area contributed by atoms with Crippen LogP contribution in [0.25, 0.3) is 11.4 Å². The molecule has 2 heterocycles. The van der Waals surface area contributed by atoms with Gasteiger partial charge < -0.3 is 10.3 Å². The average molecular weight is 304 g/mol. The van der Waals surface area contributed by atoms with Gasteiger partial charge in [0.15, 0.2) is 0 Å². The fraction of sp³-hybridized carbons (Fsp3) is 0.500. The van der Waals surface area contributed by atoms with Crippen LogP contribution in [0.4, 0.5) is 4.39 Å². The number of aromatic nitrogens is 2. The largest absolute Gasteiger partial charge is 0.338 e. The van der Waals surface area contributed by atoms with Crippen molar-refractivity contribution in [1.29, 1.82) is 0 Å². The summed E-state index contributed by atoms with van der Waals surface area (Å²) in [5.41, 5.74) is 6.59. The SMILES string of the molecule is CC1CCN(Cc2nc(-c3ccc(F)cc3)no2)CC1CN. The van der Waals surface area contributed by atoms with E-state index in [1.54, 1.807) is 12.1 Å². The molecule has 22 heavy (non-hydrogen) atoms. The summed E-state index contributed by atoms with van der Waals surface area (Å²) in [4.78, 5) is 6.71. The summed E-state index contributed by atoms with van der Waals surface area (Å²) in [5.74, 6) is 2.00. The smallest absolute Gasteiger partial charge is 0.241 e. The average Bonchev–Trinajstić information content (AvgIpc) is 2.98. The first-order valence-corrected chi connectivity index (χ1v) is 7.66. The molecule has 0 spiro atoms. The Labute approximate surface area is 129 Å². The molecule has 2 unspecified atom stereocenters. The van der Waals surface area contributed by atoms with E-state index in [1.165, 1.54) is 12.1 Å². The molecule has 1 aliphatic heterocycles. The number of halogens is 1. The molecule has 118 valence electrons. The quantitative estimate of drug-likeness (QED) is 0.938. The normalized spacial score (nSPS) is 22.9. The molecule has 6 heteroatoms. The summed E-state index contributed by atoms with van der Waals surface area (Å²) >= 11 is 0. The first-order chi connectivity index (χ1) is 10.7. The molecular weight excluding hydrogens is 283 g/mol. The second-order valence-corrected chi connectivity index (χ2v) is 6.02. The first-order valence-electron chi connectivity index (χ1n) is 7.66. The van der Waals surface area contributed by atoms with Gasteiger partial charge in [-0.3, -0.25) is 4.90 Å². The molecule has 3 rings (SSSR count). The third kappa shape index (κ3) is 3.34. The van der Waals surface area contributed by atoms with Gasteiger partial charge in [0.2, 0.25) is 11.7 Å². The topological polar surface area (TPSA) is 68.2 Å². The van der Waals surface area contributed by atoms with Crippen molar-refractivity contribution in [2.45, 2.75) is 19.9 Å². The molecule has 1 aliphatic rings. The van der Waals surface area contributed by atoms with Gasteiger partial charge in [-0.25, -0.2) is 4.39 Å². The number of likely N-dealkylation sites (tertiary alicyclic amines) is 1. The van der Waals surface area contributed by atoms with E-state index in [0.29, 0.717) is 36.6 Å². The van der Waals surface area contributed by atoms with Crippen molar-refractivity contribution in [2.75, 3.05) is 19.6 Å². The van der Waals surface area contributed by atoms with Crippen molar-refractivity contribution in [3.05, 3.63) is 36.0 Å². The molecule has 5 nitrogen and oxygen atoms in total. The van der Waals surface area contributed by atoms with Crippen molar-refractivity contribution in [1.82, 2.24) is 15.0 Å². The Kier molecular flexibility index (Phi) is 4.49. The molecule has 1 fully saturated rings.